The SMILES string of the molecule is COC(=O)CCc1c(C(O)OC)n(C)c2c(-c3c(CI)nn(C)c3C)c(Cl)ccc12. The maximum Gasteiger partial charge on any atom is 0.305 e. The topological polar surface area (TPSA) is 78.5 Å². The number of benzene rings is 1. The number of aliphatic hydroxyl groups excluding tert-OH is 1. The molecule has 9 heteroatoms. The van der Waals surface area contributed by atoms with Crippen LogP contribution >= 0.6 is 34.2 Å². The number of hydrogen-bond donors (Lipinski definition) is 1. The van der Waals surface area contributed by atoms with Crippen LogP contribution in [-0.2, 0) is 39.2 Å². The molecular formula is C21H25ClIN3O4. The number of aryl methyl sites for hydroxylation is 3. The first-order valence-corrected chi connectivity index (χ1v) is 11.3. The predicted molar refractivity (Wildman–Crippen MR) is 125 cm³/mol. The number of fused-ring (bicyclic) bond motifs is 1. The van der Waals surface area contributed by atoms with Crippen molar-refractivity contribution in [2.75, 3.05) is 14.2 Å². The van der Waals surface area contributed by atoms with Gasteiger partial charge in [-0.25, -0.2) is 0 Å². The Hall–Kier alpha value is -1.62. The number of carbonyl (C=O) groups excluding carboxylic acids is 1. The van der Waals surface area contributed by atoms with Gasteiger partial charge in [0.25, 0.3) is 0 Å². The molecule has 0 radical (unpaired) electrons. The molecule has 0 aliphatic carbocycles. The molecule has 0 fully saturated rings. The first kappa shape index (κ1) is 23.1. The molecule has 0 amide bonds. The van der Waals surface area contributed by atoms with Crippen LogP contribution in [0.25, 0.3) is 22.0 Å². The van der Waals surface area contributed by atoms with Crippen LogP contribution < -0.4 is 0 Å². The summed E-state index contributed by atoms with van der Waals surface area (Å²) < 4.78 is 14.5. The molecule has 0 saturated carbocycles. The van der Waals surface area contributed by atoms with E-state index < -0.39 is 6.29 Å². The van der Waals surface area contributed by atoms with Gasteiger partial charge in [0.1, 0.15) is 0 Å². The number of nitrogens with zero attached hydrogens (tertiary/aromatic N) is 3. The molecule has 3 aromatic rings. The van der Waals surface area contributed by atoms with Gasteiger partial charge < -0.3 is 19.1 Å². The number of rotatable bonds is 7. The van der Waals surface area contributed by atoms with Crippen molar-refractivity contribution in [1.29, 1.82) is 0 Å². The van der Waals surface area contributed by atoms with E-state index >= 15 is 0 Å². The van der Waals surface area contributed by atoms with E-state index in [1.54, 1.807) is 0 Å². The van der Waals surface area contributed by atoms with Gasteiger partial charge >= 0.3 is 5.97 Å². The molecule has 2 heterocycles. The van der Waals surface area contributed by atoms with Gasteiger partial charge in [0.05, 0.1) is 29.0 Å². The lowest BCUT2D eigenvalue weighted by atomic mass is 9.98. The molecule has 30 heavy (non-hydrogen) atoms. The Morgan fingerprint density at radius 2 is 2.00 bits per heavy atom. The Kier molecular flexibility index (Phi) is 7.11. The monoisotopic (exact) mass is 545 g/mol. The second-order valence-corrected chi connectivity index (χ2v) is 8.24. The van der Waals surface area contributed by atoms with Crippen molar-refractivity contribution in [3.63, 3.8) is 0 Å². The number of alkyl halides is 1. The molecule has 3 rings (SSSR count). The van der Waals surface area contributed by atoms with Crippen LogP contribution in [-0.4, -0.2) is 39.6 Å². The Morgan fingerprint density at radius 1 is 1.30 bits per heavy atom. The fourth-order valence-electron chi connectivity index (χ4n) is 3.97. The summed E-state index contributed by atoms with van der Waals surface area (Å²) in [5.74, 6) is -0.311. The van der Waals surface area contributed by atoms with Gasteiger partial charge in [0.2, 0.25) is 0 Å². The molecule has 0 aliphatic rings. The van der Waals surface area contributed by atoms with Crippen LogP contribution in [0.1, 0.15) is 35.4 Å². The largest absolute Gasteiger partial charge is 0.469 e. The Morgan fingerprint density at radius 3 is 2.60 bits per heavy atom. The number of halogens is 2. The number of methoxy groups -OCH3 is 2. The van der Waals surface area contributed by atoms with Crippen molar-refractivity contribution in [3.05, 3.63) is 39.8 Å². The highest BCUT2D eigenvalue weighted by Gasteiger charge is 2.27. The lowest BCUT2D eigenvalue weighted by molar-refractivity contribution is -0.140. The zero-order valence-electron chi connectivity index (χ0n) is 17.6. The van der Waals surface area contributed by atoms with Crippen molar-refractivity contribution in [2.45, 2.75) is 30.5 Å². The summed E-state index contributed by atoms with van der Waals surface area (Å²) >= 11 is 9.02. The highest BCUT2D eigenvalue weighted by atomic mass is 127. The standard InChI is InChI=1S/C21H25ClIN3O4/c1-11-17(15(10-23)24-26(11)3)18-14(22)8-6-12-13(7-9-16(27)29-4)20(21(28)30-5)25(2)19(12)18/h6,8,21,28H,7,9-10H2,1-5H3. The number of ether oxygens (including phenoxy) is 2. The van der Waals surface area contributed by atoms with Gasteiger partial charge in [-0.3, -0.25) is 9.48 Å². The highest BCUT2D eigenvalue weighted by Crippen LogP contribution is 2.43. The average Bonchev–Trinajstić information content (AvgIpc) is 3.19. The molecular weight excluding hydrogens is 521 g/mol. The van der Waals surface area contributed by atoms with E-state index in [2.05, 4.69) is 27.7 Å². The molecule has 1 aromatic carbocycles. The molecule has 162 valence electrons. The van der Waals surface area contributed by atoms with E-state index in [-0.39, 0.29) is 12.4 Å². The summed E-state index contributed by atoms with van der Waals surface area (Å²) in [6.45, 7) is 2.01. The number of esters is 1. The number of carbonyl (C=O) groups is 1. The van der Waals surface area contributed by atoms with Crippen molar-refractivity contribution in [3.8, 4) is 11.1 Å². The first-order valence-electron chi connectivity index (χ1n) is 9.42. The van der Waals surface area contributed by atoms with E-state index in [4.69, 9.17) is 21.1 Å². The quantitative estimate of drug-likeness (QED) is 0.208. The summed E-state index contributed by atoms with van der Waals surface area (Å²) in [5.41, 5.74) is 6.10. The summed E-state index contributed by atoms with van der Waals surface area (Å²) in [7, 11) is 6.59. The smallest absolute Gasteiger partial charge is 0.305 e. The molecule has 0 bridgehead atoms. The third-order valence-electron chi connectivity index (χ3n) is 5.51. The number of aromatic nitrogens is 3. The van der Waals surface area contributed by atoms with Crippen molar-refractivity contribution >= 4 is 51.1 Å². The second kappa shape index (κ2) is 9.25. The van der Waals surface area contributed by atoms with Gasteiger partial charge in [0.15, 0.2) is 6.29 Å². The van der Waals surface area contributed by atoms with E-state index in [0.29, 0.717) is 17.1 Å². The van der Waals surface area contributed by atoms with Crippen molar-refractivity contribution < 1.29 is 19.4 Å². The van der Waals surface area contributed by atoms with E-state index in [0.717, 1.165) is 43.4 Å². The normalized spacial score (nSPS) is 12.5. The third kappa shape index (κ3) is 3.86. The van der Waals surface area contributed by atoms with Gasteiger partial charge in [-0.05, 0) is 25.0 Å². The van der Waals surface area contributed by atoms with Crippen molar-refractivity contribution in [1.82, 2.24) is 14.3 Å². The van der Waals surface area contributed by atoms with Crippen LogP contribution in [0.5, 0.6) is 0 Å². The third-order valence-corrected chi connectivity index (χ3v) is 6.54. The molecule has 7 nitrogen and oxygen atoms in total. The molecule has 0 saturated heterocycles. The number of aliphatic hydroxyl groups is 1. The lowest BCUT2D eigenvalue weighted by Gasteiger charge is -2.14. The van der Waals surface area contributed by atoms with Crippen LogP contribution in [0.2, 0.25) is 5.02 Å². The maximum absolute atomic E-state index is 11.8. The average molecular weight is 546 g/mol. The van der Waals surface area contributed by atoms with Crippen LogP contribution in [0.15, 0.2) is 12.1 Å². The van der Waals surface area contributed by atoms with Gasteiger partial charge in [0, 0.05) is 54.3 Å². The fraction of sp³-hybridized carbons (Fsp3) is 0.429. The molecule has 0 spiro atoms. The zero-order chi connectivity index (χ0) is 22.2. The summed E-state index contributed by atoms with van der Waals surface area (Å²) in [6.07, 6.45) is -0.533. The van der Waals surface area contributed by atoms with E-state index in [1.807, 2.05) is 42.4 Å². The highest BCUT2D eigenvalue weighted by molar-refractivity contribution is 14.1. The van der Waals surface area contributed by atoms with E-state index in [1.165, 1.54) is 14.2 Å². The molecule has 1 unspecified atom stereocenters. The van der Waals surface area contributed by atoms with Gasteiger partial charge in [-0.1, -0.05) is 40.3 Å². The lowest BCUT2D eigenvalue weighted by Crippen LogP contribution is -2.10. The maximum atomic E-state index is 11.8. The minimum Gasteiger partial charge on any atom is -0.469 e. The van der Waals surface area contributed by atoms with Gasteiger partial charge in [-0.2, -0.15) is 5.10 Å². The fourth-order valence-corrected chi connectivity index (χ4v) is 4.75. The second-order valence-electron chi connectivity index (χ2n) is 7.07. The Balaban J connectivity index is 2.38. The van der Waals surface area contributed by atoms with Crippen LogP contribution in [0.3, 0.4) is 0 Å². The summed E-state index contributed by atoms with van der Waals surface area (Å²) in [5, 5.41) is 16.7. The summed E-state index contributed by atoms with van der Waals surface area (Å²) in [6, 6.07) is 3.78. The predicted octanol–water partition coefficient (Wildman–Crippen LogP) is 4.22. The Labute approximate surface area is 194 Å². The van der Waals surface area contributed by atoms with Gasteiger partial charge in [-0.15, -0.1) is 0 Å². The first-order chi connectivity index (χ1) is 14.3. The zero-order valence-corrected chi connectivity index (χ0v) is 20.5. The molecule has 0 aliphatic heterocycles. The van der Waals surface area contributed by atoms with E-state index in [9.17, 15) is 9.90 Å². The minimum atomic E-state index is -1.14. The Bertz CT molecular complexity index is 1110. The number of hydrogen-bond acceptors (Lipinski definition) is 5. The molecule has 1 atom stereocenters. The summed E-state index contributed by atoms with van der Waals surface area (Å²) in [4.78, 5) is 11.8. The molecule has 2 aromatic heterocycles. The van der Waals surface area contributed by atoms with Crippen LogP contribution in [0, 0.1) is 6.92 Å². The molecule has 1 N–H and O–H groups in total. The van der Waals surface area contributed by atoms with Crippen molar-refractivity contribution in [2.24, 2.45) is 14.1 Å². The van der Waals surface area contributed by atoms with Crippen LogP contribution in [0.4, 0.5) is 0 Å². The minimum absolute atomic E-state index is 0.196.